The van der Waals surface area contributed by atoms with Crippen molar-refractivity contribution in [1.29, 1.82) is 0 Å². The van der Waals surface area contributed by atoms with Gasteiger partial charge in [0.15, 0.2) is 0 Å². The van der Waals surface area contributed by atoms with Gasteiger partial charge in [0, 0.05) is 12.5 Å². The number of phenols is 2. The number of benzene rings is 2. The highest BCUT2D eigenvalue weighted by Gasteiger charge is 2.17. The van der Waals surface area contributed by atoms with Crippen LogP contribution in [0.4, 0.5) is 0 Å². The van der Waals surface area contributed by atoms with Crippen LogP contribution in [0.2, 0.25) is 0 Å². The van der Waals surface area contributed by atoms with Crippen molar-refractivity contribution in [3.63, 3.8) is 0 Å². The second-order valence-corrected chi connectivity index (χ2v) is 8.98. The molecular weight excluding hydrogens is 364 g/mol. The van der Waals surface area contributed by atoms with Gasteiger partial charge in [0.1, 0.15) is 11.5 Å². The molecule has 6 heteroatoms. The summed E-state index contributed by atoms with van der Waals surface area (Å²) in [6, 6.07) is 7.57. The lowest BCUT2D eigenvalue weighted by Crippen LogP contribution is -1.98. The monoisotopic (exact) mass is 384 g/mol. The standard InChI is InChI=1S/C20H20N2O2S2/c1-10(2)12-5-15-19(8-17(12)24)26-20(22-15)4-11(3)13-6-18-14(7-16(13)23)21-9-25-18/h5-11,23-24H,4H2,1-3H3. The molecule has 134 valence electrons. The van der Waals surface area contributed by atoms with E-state index < -0.39 is 0 Å². The first-order valence-electron chi connectivity index (χ1n) is 8.60. The molecule has 0 saturated carbocycles. The van der Waals surface area contributed by atoms with Gasteiger partial charge in [0.25, 0.3) is 0 Å². The molecule has 4 rings (SSSR count). The van der Waals surface area contributed by atoms with E-state index in [0.717, 1.165) is 43.0 Å². The molecule has 2 heterocycles. The Morgan fingerprint density at radius 3 is 2.46 bits per heavy atom. The van der Waals surface area contributed by atoms with Crippen molar-refractivity contribution < 1.29 is 10.2 Å². The Bertz CT molecular complexity index is 1100. The minimum atomic E-state index is 0.139. The Labute approximate surface area is 159 Å². The Balaban J connectivity index is 1.66. The van der Waals surface area contributed by atoms with E-state index in [0.29, 0.717) is 5.75 Å². The third kappa shape index (κ3) is 3.04. The van der Waals surface area contributed by atoms with E-state index in [-0.39, 0.29) is 17.6 Å². The fourth-order valence-corrected chi connectivity index (χ4v) is 5.07. The molecule has 4 aromatic rings. The molecule has 0 aliphatic rings. The summed E-state index contributed by atoms with van der Waals surface area (Å²) < 4.78 is 2.08. The number of rotatable bonds is 4. The van der Waals surface area contributed by atoms with Crippen molar-refractivity contribution in [2.24, 2.45) is 0 Å². The predicted molar refractivity (Wildman–Crippen MR) is 109 cm³/mol. The number of nitrogens with zero attached hydrogens (tertiary/aromatic N) is 2. The van der Waals surface area contributed by atoms with Crippen LogP contribution in [-0.2, 0) is 6.42 Å². The van der Waals surface area contributed by atoms with Gasteiger partial charge in [-0.15, -0.1) is 22.7 Å². The largest absolute Gasteiger partial charge is 0.508 e. The minimum Gasteiger partial charge on any atom is -0.508 e. The Morgan fingerprint density at radius 2 is 1.69 bits per heavy atom. The summed E-state index contributed by atoms with van der Waals surface area (Å²) in [6.07, 6.45) is 0.745. The molecule has 0 saturated heterocycles. The van der Waals surface area contributed by atoms with Crippen LogP contribution in [0, 0.1) is 0 Å². The number of thiazole rings is 2. The summed E-state index contributed by atoms with van der Waals surface area (Å²) in [5.74, 6) is 1.02. The lowest BCUT2D eigenvalue weighted by atomic mass is 9.97. The lowest BCUT2D eigenvalue weighted by Gasteiger charge is -2.12. The maximum atomic E-state index is 10.4. The molecule has 1 atom stereocenters. The molecule has 0 aliphatic heterocycles. The summed E-state index contributed by atoms with van der Waals surface area (Å²) in [7, 11) is 0. The number of aromatic hydroxyl groups is 2. The Morgan fingerprint density at radius 1 is 0.923 bits per heavy atom. The molecule has 0 bridgehead atoms. The van der Waals surface area contributed by atoms with Gasteiger partial charge in [0.2, 0.25) is 0 Å². The topological polar surface area (TPSA) is 66.2 Å². The maximum Gasteiger partial charge on any atom is 0.121 e. The first-order chi connectivity index (χ1) is 12.4. The summed E-state index contributed by atoms with van der Waals surface area (Å²) in [5.41, 5.74) is 5.41. The highest BCUT2D eigenvalue weighted by atomic mass is 32.1. The van der Waals surface area contributed by atoms with Gasteiger partial charge in [-0.1, -0.05) is 20.8 Å². The molecule has 26 heavy (non-hydrogen) atoms. The number of hydrogen-bond acceptors (Lipinski definition) is 6. The van der Waals surface area contributed by atoms with Crippen molar-refractivity contribution in [2.45, 2.75) is 39.0 Å². The van der Waals surface area contributed by atoms with Crippen LogP contribution in [0.1, 0.15) is 48.7 Å². The van der Waals surface area contributed by atoms with E-state index in [2.05, 4.69) is 25.8 Å². The molecule has 0 spiro atoms. The SMILES string of the molecule is CC(C)c1cc2nc(CC(C)c3cc4scnc4cc3O)sc2cc1O. The van der Waals surface area contributed by atoms with E-state index in [1.807, 2.05) is 18.2 Å². The molecule has 2 N–H and O–H groups in total. The zero-order valence-electron chi connectivity index (χ0n) is 14.9. The fraction of sp³-hybridized carbons (Fsp3) is 0.300. The van der Waals surface area contributed by atoms with E-state index in [9.17, 15) is 10.2 Å². The number of hydrogen-bond donors (Lipinski definition) is 2. The average Bonchev–Trinajstić information content (AvgIpc) is 3.18. The second-order valence-electron chi connectivity index (χ2n) is 6.98. The molecule has 2 aromatic carbocycles. The summed E-state index contributed by atoms with van der Waals surface area (Å²) in [4.78, 5) is 9.01. The van der Waals surface area contributed by atoms with Gasteiger partial charge >= 0.3 is 0 Å². The first-order valence-corrected chi connectivity index (χ1v) is 10.3. The molecule has 0 fully saturated rings. The summed E-state index contributed by atoms with van der Waals surface area (Å²) in [6.45, 7) is 6.23. The third-order valence-electron chi connectivity index (χ3n) is 4.69. The molecular formula is C20H20N2O2S2. The van der Waals surface area contributed by atoms with Crippen LogP contribution in [0.25, 0.3) is 20.4 Å². The lowest BCUT2D eigenvalue weighted by molar-refractivity contribution is 0.463. The molecule has 1 unspecified atom stereocenters. The zero-order chi connectivity index (χ0) is 18.4. The molecule has 0 amide bonds. The summed E-state index contributed by atoms with van der Waals surface area (Å²) >= 11 is 3.18. The highest BCUT2D eigenvalue weighted by molar-refractivity contribution is 7.18. The molecule has 0 radical (unpaired) electrons. The smallest absolute Gasteiger partial charge is 0.121 e. The van der Waals surface area contributed by atoms with Gasteiger partial charge in [-0.05, 0) is 41.2 Å². The van der Waals surface area contributed by atoms with Crippen LogP contribution >= 0.6 is 22.7 Å². The van der Waals surface area contributed by atoms with Gasteiger partial charge in [-0.3, -0.25) is 0 Å². The van der Waals surface area contributed by atoms with Crippen LogP contribution in [-0.4, -0.2) is 20.2 Å². The molecule has 4 nitrogen and oxygen atoms in total. The van der Waals surface area contributed by atoms with Gasteiger partial charge in [0.05, 0.1) is 31.0 Å². The number of aromatic nitrogens is 2. The average molecular weight is 385 g/mol. The molecule has 0 aliphatic carbocycles. The number of phenolic OH excluding ortho intramolecular Hbond substituents is 2. The Hall–Kier alpha value is -2.18. The van der Waals surface area contributed by atoms with Gasteiger partial charge in [-0.25, -0.2) is 9.97 Å². The third-order valence-corrected chi connectivity index (χ3v) is 6.53. The number of fused-ring (bicyclic) bond motifs is 2. The minimum absolute atomic E-state index is 0.139. The second kappa shape index (κ2) is 6.52. The van der Waals surface area contributed by atoms with Crippen molar-refractivity contribution in [3.8, 4) is 11.5 Å². The van der Waals surface area contributed by atoms with E-state index in [4.69, 9.17) is 4.98 Å². The maximum absolute atomic E-state index is 10.4. The van der Waals surface area contributed by atoms with Crippen molar-refractivity contribution in [2.75, 3.05) is 0 Å². The zero-order valence-corrected chi connectivity index (χ0v) is 16.5. The highest BCUT2D eigenvalue weighted by Crippen LogP contribution is 2.37. The van der Waals surface area contributed by atoms with Gasteiger partial charge < -0.3 is 10.2 Å². The summed E-state index contributed by atoms with van der Waals surface area (Å²) in [5, 5.41) is 21.6. The van der Waals surface area contributed by atoms with Crippen molar-refractivity contribution in [3.05, 3.63) is 45.9 Å². The van der Waals surface area contributed by atoms with Gasteiger partial charge in [-0.2, -0.15) is 0 Å². The van der Waals surface area contributed by atoms with Crippen LogP contribution in [0.15, 0.2) is 29.8 Å². The molecule has 2 aromatic heterocycles. The normalized spacial score (nSPS) is 13.1. The van der Waals surface area contributed by atoms with Crippen molar-refractivity contribution in [1.82, 2.24) is 9.97 Å². The predicted octanol–water partition coefficient (Wildman–Crippen LogP) is 5.79. The van der Waals surface area contributed by atoms with Crippen LogP contribution < -0.4 is 0 Å². The van der Waals surface area contributed by atoms with Crippen molar-refractivity contribution >= 4 is 43.1 Å². The quantitative estimate of drug-likeness (QED) is 0.467. The van der Waals surface area contributed by atoms with E-state index in [1.54, 1.807) is 34.3 Å². The first kappa shape index (κ1) is 17.2. The van der Waals surface area contributed by atoms with Crippen LogP contribution in [0.5, 0.6) is 11.5 Å². The van der Waals surface area contributed by atoms with E-state index >= 15 is 0 Å². The van der Waals surface area contributed by atoms with Crippen LogP contribution in [0.3, 0.4) is 0 Å². The van der Waals surface area contributed by atoms with E-state index in [1.165, 1.54) is 0 Å². The Kier molecular flexibility index (Phi) is 4.32. The fourth-order valence-electron chi connectivity index (χ4n) is 3.25.